The molecule has 0 radical (unpaired) electrons. The van der Waals surface area contributed by atoms with E-state index in [0.717, 1.165) is 27.8 Å². The molecule has 0 bridgehead atoms. The SMILES string of the molecule is O=c1c2c3nccnc3ccc2n(-c2cccc(-c3ccccc3)c2)c(=O)n1-c1ccc2c(c1)C1(c3ccccc3-c3ccccc31)c1ccccc1-2. The first-order chi connectivity index (χ1) is 26.1. The van der Waals surface area contributed by atoms with Gasteiger partial charge >= 0.3 is 5.69 Å². The minimum atomic E-state index is -0.628. The number of fused-ring (bicyclic) bond motifs is 13. The molecule has 0 atom stereocenters. The molecule has 53 heavy (non-hydrogen) atoms. The number of nitrogens with zero attached hydrogens (tertiary/aromatic N) is 4. The summed E-state index contributed by atoms with van der Waals surface area (Å²) in [7, 11) is 0. The number of benzene rings is 7. The molecule has 0 unspecified atom stereocenters. The van der Waals surface area contributed by atoms with Gasteiger partial charge < -0.3 is 0 Å². The Kier molecular flexibility index (Phi) is 6.08. The first-order valence-corrected chi connectivity index (χ1v) is 17.7. The average molecular weight is 681 g/mol. The first kappa shape index (κ1) is 29.5. The van der Waals surface area contributed by atoms with E-state index in [9.17, 15) is 4.79 Å². The van der Waals surface area contributed by atoms with Crippen LogP contribution in [0, 0.1) is 0 Å². The summed E-state index contributed by atoms with van der Waals surface area (Å²) in [5, 5.41) is 0.329. The van der Waals surface area contributed by atoms with Gasteiger partial charge in [-0.05, 0) is 92.0 Å². The molecule has 6 heteroatoms. The molecule has 0 saturated heterocycles. The molecular weight excluding hydrogens is 653 g/mol. The molecule has 0 saturated carbocycles. The van der Waals surface area contributed by atoms with E-state index in [1.54, 1.807) is 23.0 Å². The summed E-state index contributed by atoms with van der Waals surface area (Å²) in [5.41, 5.74) is 12.3. The monoisotopic (exact) mass is 680 g/mol. The average Bonchev–Trinajstić information content (AvgIpc) is 3.68. The summed E-state index contributed by atoms with van der Waals surface area (Å²) in [6, 6.07) is 53.3. The van der Waals surface area contributed by atoms with Crippen LogP contribution in [0.25, 0.3) is 66.7 Å². The lowest BCUT2D eigenvalue weighted by Gasteiger charge is -2.30. The molecule has 2 heterocycles. The lowest BCUT2D eigenvalue weighted by molar-refractivity contribution is 0.786. The molecule has 1 spiro atoms. The van der Waals surface area contributed by atoms with Crippen molar-refractivity contribution in [1.82, 2.24) is 19.1 Å². The second-order valence-electron chi connectivity index (χ2n) is 13.7. The van der Waals surface area contributed by atoms with Crippen molar-refractivity contribution in [2.45, 2.75) is 5.41 Å². The van der Waals surface area contributed by atoms with Crippen LogP contribution in [0.3, 0.4) is 0 Å². The summed E-state index contributed by atoms with van der Waals surface area (Å²) in [5.74, 6) is 0. The van der Waals surface area contributed by atoms with Gasteiger partial charge in [0.05, 0.1) is 33.2 Å². The fourth-order valence-electron chi connectivity index (χ4n) is 8.98. The van der Waals surface area contributed by atoms with E-state index in [0.29, 0.717) is 33.3 Å². The number of rotatable bonds is 3. The highest BCUT2D eigenvalue weighted by atomic mass is 16.2. The Morgan fingerprint density at radius 2 is 1.04 bits per heavy atom. The van der Waals surface area contributed by atoms with E-state index in [1.807, 2.05) is 66.7 Å². The predicted molar refractivity (Wildman–Crippen MR) is 210 cm³/mol. The van der Waals surface area contributed by atoms with E-state index < -0.39 is 16.7 Å². The van der Waals surface area contributed by atoms with E-state index in [2.05, 4.69) is 94.9 Å². The number of aromatic nitrogens is 4. The van der Waals surface area contributed by atoms with E-state index in [1.165, 1.54) is 32.4 Å². The smallest absolute Gasteiger partial charge is 0.268 e. The van der Waals surface area contributed by atoms with Gasteiger partial charge in [0.2, 0.25) is 0 Å². The summed E-state index contributed by atoms with van der Waals surface area (Å²) in [6.07, 6.45) is 3.20. The zero-order valence-electron chi connectivity index (χ0n) is 28.3. The fraction of sp³-hybridized carbons (Fsp3) is 0.0213. The molecule has 248 valence electrons. The molecule has 0 aliphatic heterocycles. The van der Waals surface area contributed by atoms with Crippen molar-refractivity contribution < 1.29 is 0 Å². The maximum Gasteiger partial charge on any atom is 0.340 e. The van der Waals surface area contributed by atoms with E-state index >= 15 is 4.79 Å². The van der Waals surface area contributed by atoms with Gasteiger partial charge in [-0.15, -0.1) is 0 Å². The van der Waals surface area contributed by atoms with Crippen LogP contribution < -0.4 is 11.2 Å². The second-order valence-corrected chi connectivity index (χ2v) is 13.7. The molecule has 0 N–H and O–H groups in total. The van der Waals surface area contributed by atoms with Crippen LogP contribution >= 0.6 is 0 Å². The van der Waals surface area contributed by atoms with Crippen molar-refractivity contribution >= 4 is 21.9 Å². The van der Waals surface area contributed by atoms with Crippen molar-refractivity contribution in [2.24, 2.45) is 0 Å². The van der Waals surface area contributed by atoms with Gasteiger partial charge in [0.15, 0.2) is 0 Å². The first-order valence-electron chi connectivity index (χ1n) is 17.7. The maximum absolute atomic E-state index is 15.1. The summed E-state index contributed by atoms with van der Waals surface area (Å²) >= 11 is 0. The van der Waals surface area contributed by atoms with Gasteiger partial charge in [-0.25, -0.2) is 9.36 Å². The third-order valence-corrected chi connectivity index (χ3v) is 11.1. The van der Waals surface area contributed by atoms with Crippen molar-refractivity contribution in [1.29, 1.82) is 0 Å². The van der Waals surface area contributed by atoms with Gasteiger partial charge in [0, 0.05) is 12.4 Å². The number of hydrogen-bond donors (Lipinski definition) is 0. The van der Waals surface area contributed by atoms with Crippen LogP contribution in [0.5, 0.6) is 0 Å². The van der Waals surface area contributed by atoms with Gasteiger partial charge in [-0.3, -0.25) is 19.3 Å². The molecule has 2 aliphatic carbocycles. The van der Waals surface area contributed by atoms with Crippen molar-refractivity contribution in [3.8, 4) is 44.8 Å². The van der Waals surface area contributed by atoms with Gasteiger partial charge in [-0.2, -0.15) is 0 Å². The Hall–Kier alpha value is -7.18. The Labute approximate surface area is 303 Å². The lowest BCUT2D eigenvalue weighted by Crippen LogP contribution is -2.38. The van der Waals surface area contributed by atoms with Crippen LogP contribution in [0.2, 0.25) is 0 Å². The highest BCUT2D eigenvalue weighted by Crippen LogP contribution is 2.62. The zero-order chi connectivity index (χ0) is 35.3. The summed E-state index contributed by atoms with van der Waals surface area (Å²) in [4.78, 5) is 39.2. The van der Waals surface area contributed by atoms with Gasteiger partial charge in [0.1, 0.15) is 5.52 Å². The van der Waals surface area contributed by atoms with E-state index in [4.69, 9.17) is 0 Å². The third-order valence-electron chi connectivity index (χ3n) is 11.1. The molecule has 6 nitrogen and oxygen atoms in total. The molecule has 2 aromatic heterocycles. The summed E-state index contributed by atoms with van der Waals surface area (Å²) < 4.78 is 2.95. The Balaban J connectivity index is 1.24. The molecule has 7 aromatic carbocycles. The minimum Gasteiger partial charge on any atom is -0.268 e. The van der Waals surface area contributed by atoms with Crippen molar-refractivity contribution in [2.75, 3.05) is 0 Å². The molecule has 2 aliphatic rings. The number of hydrogen-bond acceptors (Lipinski definition) is 4. The largest absolute Gasteiger partial charge is 0.340 e. The van der Waals surface area contributed by atoms with Crippen LogP contribution in [-0.4, -0.2) is 19.1 Å². The normalized spacial score (nSPS) is 13.2. The topological polar surface area (TPSA) is 69.8 Å². The molecule has 0 fully saturated rings. The molecular formula is C47H28N4O2. The maximum atomic E-state index is 15.1. The quantitative estimate of drug-likeness (QED) is 0.175. The Bertz CT molecular complexity index is 3060. The van der Waals surface area contributed by atoms with Crippen molar-refractivity contribution in [3.63, 3.8) is 0 Å². The Morgan fingerprint density at radius 1 is 0.453 bits per heavy atom. The standard InChI is InChI=1S/C47H28N4O2/c52-45-43-42(24-23-41-44(43)49-26-25-48-41)50(31-14-10-13-30(27-31)29-11-2-1-3-12-29)46(53)51(45)32-21-22-36-35-17-6-9-20-39(35)47(40(36)28-32)37-18-7-4-15-33(37)34-16-5-8-19-38(34)47/h1-28H. The van der Waals surface area contributed by atoms with E-state index in [-0.39, 0.29) is 0 Å². The lowest BCUT2D eigenvalue weighted by atomic mass is 9.70. The molecule has 9 aromatic rings. The van der Waals surface area contributed by atoms with Gasteiger partial charge in [-0.1, -0.05) is 121 Å². The third kappa shape index (κ3) is 3.92. The van der Waals surface area contributed by atoms with Crippen molar-refractivity contribution in [3.05, 3.63) is 213 Å². The van der Waals surface area contributed by atoms with Crippen LogP contribution in [0.4, 0.5) is 0 Å². The second kappa shape index (κ2) is 10.9. The minimum absolute atomic E-state index is 0.329. The predicted octanol–water partition coefficient (Wildman–Crippen LogP) is 9.10. The molecule has 0 amide bonds. The van der Waals surface area contributed by atoms with Gasteiger partial charge in [0.25, 0.3) is 5.56 Å². The van der Waals surface area contributed by atoms with Crippen LogP contribution in [0.1, 0.15) is 22.3 Å². The highest BCUT2D eigenvalue weighted by molar-refractivity contribution is 6.02. The van der Waals surface area contributed by atoms with Crippen LogP contribution in [0.15, 0.2) is 180 Å². The highest BCUT2D eigenvalue weighted by Gasteiger charge is 2.51. The summed E-state index contributed by atoms with van der Waals surface area (Å²) in [6.45, 7) is 0. The zero-order valence-corrected chi connectivity index (χ0v) is 28.3. The Morgan fingerprint density at radius 3 is 1.74 bits per heavy atom. The molecule has 11 rings (SSSR count). The van der Waals surface area contributed by atoms with Crippen LogP contribution in [-0.2, 0) is 5.41 Å². The fourth-order valence-corrected chi connectivity index (χ4v) is 8.98.